The molecule has 50 heavy (non-hydrogen) atoms. The molecular weight excluding hydrogens is 649 g/mol. The van der Waals surface area contributed by atoms with Crippen molar-refractivity contribution in [2.45, 2.75) is 206 Å². The molecule has 0 rings (SSSR count). The summed E-state index contributed by atoms with van der Waals surface area (Å²) in [6.45, 7) is 4.22. The fourth-order valence-electron chi connectivity index (χ4n) is 5.80. The quantitative estimate of drug-likeness (QED) is 0.0210. The second-order valence-corrected chi connectivity index (χ2v) is 15.4. The first kappa shape index (κ1) is 48.8. The maximum atomic E-state index is 12.4. The average Bonchev–Trinajstić information content (AvgIpc) is 3.11. The van der Waals surface area contributed by atoms with Crippen molar-refractivity contribution in [2.75, 3.05) is 26.4 Å². The minimum Gasteiger partial charge on any atom is -0.492 e. The SMILES string of the molecule is CCCCCC/C=C\CCCCCCCCCC(=O)OC[C@H](COP(=O)(O)OCCN)O/C=C\CCCCCCCCCCCCCCCC. The number of nitrogens with two attached hydrogens (primary N) is 1. The lowest BCUT2D eigenvalue weighted by Gasteiger charge is -2.19. The number of hydrogen-bond donors (Lipinski definition) is 2. The largest absolute Gasteiger partial charge is 0.492 e. The van der Waals surface area contributed by atoms with Crippen LogP contribution in [0.5, 0.6) is 0 Å². The van der Waals surface area contributed by atoms with Crippen molar-refractivity contribution >= 4 is 13.8 Å². The van der Waals surface area contributed by atoms with E-state index in [2.05, 4.69) is 26.0 Å². The highest BCUT2D eigenvalue weighted by Crippen LogP contribution is 2.43. The zero-order valence-corrected chi connectivity index (χ0v) is 33.5. The molecule has 0 aliphatic heterocycles. The Morgan fingerprint density at radius 2 is 1.02 bits per heavy atom. The molecule has 0 fully saturated rings. The lowest BCUT2D eigenvalue weighted by molar-refractivity contribution is -0.147. The first-order valence-corrected chi connectivity index (χ1v) is 22.4. The summed E-state index contributed by atoms with van der Waals surface area (Å²) in [6.07, 6.45) is 42.9. The van der Waals surface area contributed by atoms with Crippen LogP contribution in [0.15, 0.2) is 24.5 Å². The summed E-state index contributed by atoms with van der Waals surface area (Å²) in [4.78, 5) is 22.2. The van der Waals surface area contributed by atoms with E-state index in [0.29, 0.717) is 6.42 Å². The zero-order chi connectivity index (χ0) is 36.6. The number of carbonyl (C=O) groups excluding carboxylic acids is 1. The second kappa shape index (κ2) is 39.0. The molecule has 3 N–H and O–H groups in total. The highest BCUT2D eigenvalue weighted by Gasteiger charge is 2.24. The lowest BCUT2D eigenvalue weighted by atomic mass is 10.0. The van der Waals surface area contributed by atoms with Crippen molar-refractivity contribution in [3.63, 3.8) is 0 Å². The Bertz CT molecular complexity index is 823. The topological polar surface area (TPSA) is 117 Å². The Morgan fingerprint density at radius 3 is 1.50 bits per heavy atom. The van der Waals surface area contributed by atoms with Crippen molar-refractivity contribution in [3.05, 3.63) is 24.5 Å². The van der Waals surface area contributed by atoms with Gasteiger partial charge in [0.25, 0.3) is 0 Å². The normalized spacial score (nSPS) is 13.7. The van der Waals surface area contributed by atoms with Crippen LogP contribution in [0.4, 0.5) is 0 Å². The smallest absolute Gasteiger partial charge is 0.472 e. The molecule has 0 heterocycles. The number of esters is 1. The highest BCUT2D eigenvalue weighted by molar-refractivity contribution is 7.47. The molecule has 0 saturated heterocycles. The maximum Gasteiger partial charge on any atom is 0.472 e. The molecule has 296 valence electrons. The number of phosphoric acid groups is 1. The molecule has 0 saturated carbocycles. The third-order valence-corrected chi connectivity index (χ3v) is 9.94. The summed E-state index contributed by atoms with van der Waals surface area (Å²) in [5.41, 5.74) is 5.36. The standard InChI is InChI=1S/C41H80NO7P/c1-3-5-7-9-11-13-15-17-19-21-23-25-27-29-31-33-36-46-40(39-49-50(44,45)48-37-35-42)38-47-41(43)34-32-30-28-26-24-22-20-18-16-14-12-10-8-6-4-2/h14,16,33,36,40H,3-13,15,17-32,34-35,37-39,42H2,1-2H3,(H,44,45)/b16-14-,36-33-/t40-/m1/s1. The van der Waals surface area contributed by atoms with Gasteiger partial charge in [-0.2, -0.15) is 0 Å². The van der Waals surface area contributed by atoms with Gasteiger partial charge >= 0.3 is 13.8 Å². The van der Waals surface area contributed by atoms with E-state index in [1.54, 1.807) is 6.26 Å². The van der Waals surface area contributed by atoms with Gasteiger partial charge in [-0.3, -0.25) is 13.8 Å². The van der Waals surface area contributed by atoms with Crippen molar-refractivity contribution in [1.29, 1.82) is 0 Å². The van der Waals surface area contributed by atoms with Crippen molar-refractivity contribution < 1.29 is 32.8 Å². The first-order valence-electron chi connectivity index (χ1n) is 20.9. The van der Waals surface area contributed by atoms with Crippen molar-refractivity contribution in [1.82, 2.24) is 0 Å². The Morgan fingerprint density at radius 1 is 0.600 bits per heavy atom. The van der Waals surface area contributed by atoms with Crippen LogP contribution in [0, 0.1) is 0 Å². The molecule has 0 spiro atoms. The second-order valence-electron chi connectivity index (χ2n) is 13.9. The molecule has 0 amide bonds. The van der Waals surface area contributed by atoms with E-state index in [9.17, 15) is 14.3 Å². The molecule has 0 radical (unpaired) electrons. The van der Waals surface area contributed by atoms with Crippen LogP contribution >= 0.6 is 7.82 Å². The molecular formula is C41H80NO7P. The van der Waals surface area contributed by atoms with Gasteiger partial charge in [-0.1, -0.05) is 161 Å². The Balaban J connectivity index is 4.08. The molecule has 0 aromatic carbocycles. The number of unbranched alkanes of at least 4 members (excludes halogenated alkanes) is 25. The van der Waals surface area contributed by atoms with Crippen molar-refractivity contribution in [2.24, 2.45) is 5.73 Å². The summed E-state index contributed by atoms with van der Waals surface area (Å²) in [6, 6.07) is 0. The van der Waals surface area contributed by atoms with Gasteiger partial charge in [0.15, 0.2) is 6.10 Å². The summed E-state index contributed by atoms with van der Waals surface area (Å²) in [7, 11) is -4.26. The number of allylic oxidation sites excluding steroid dienone is 3. The van der Waals surface area contributed by atoms with E-state index < -0.39 is 13.9 Å². The molecule has 0 aromatic rings. The Hall–Kier alpha value is -1.18. The van der Waals surface area contributed by atoms with Crippen LogP contribution in [-0.2, 0) is 27.9 Å². The van der Waals surface area contributed by atoms with Crippen LogP contribution in [0.3, 0.4) is 0 Å². The van der Waals surface area contributed by atoms with E-state index >= 15 is 0 Å². The predicted molar refractivity (Wildman–Crippen MR) is 210 cm³/mol. The average molecular weight is 730 g/mol. The van der Waals surface area contributed by atoms with Gasteiger partial charge in [0.1, 0.15) is 6.61 Å². The summed E-state index contributed by atoms with van der Waals surface area (Å²) in [5, 5.41) is 0. The summed E-state index contributed by atoms with van der Waals surface area (Å²) >= 11 is 0. The third-order valence-electron chi connectivity index (χ3n) is 8.96. The van der Waals surface area contributed by atoms with Crippen LogP contribution in [-0.4, -0.2) is 43.3 Å². The van der Waals surface area contributed by atoms with E-state index in [-0.39, 0.29) is 32.3 Å². The molecule has 0 aliphatic rings. The molecule has 0 bridgehead atoms. The Labute approximate surface area is 308 Å². The number of carbonyl (C=O) groups is 1. The number of ether oxygens (including phenoxy) is 2. The fourth-order valence-corrected chi connectivity index (χ4v) is 6.56. The van der Waals surface area contributed by atoms with Gasteiger partial charge in [0.2, 0.25) is 0 Å². The summed E-state index contributed by atoms with van der Waals surface area (Å²) in [5.74, 6) is -0.293. The van der Waals surface area contributed by atoms with E-state index in [0.717, 1.165) is 32.1 Å². The van der Waals surface area contributed by atoms with Gasteiger partial charge in [0.05, 0.1) is 19.5 Å². The van der Waals surface area contributed by atoms with Crippen LogP contribution < -0.4 is 5.73 Å². The van der Waals surface area contributed by atoms with Crippen LogP contribution in [0.1, 0.15) is 200 Å². The number of phosphoric ester groups is 1. The monoisotopic (exact) mass is 730 g/mol. The molecule has 8 nitrogen and oxygen atoms in total. The van der Waals surface area contributed by atoms with Crippen LogP contribution in [0.25, 0.3) is 0 Å². The molecule has 1 unspecified atom stereocenters. The minimum atomic E-state index is -4.26. The zero-order valence-electron chi connectivity index (χ0n) is 32.6. The maximum absolute atomic E-state index is 12.4. The molecule has 2 atom stereocenters. The highest BCUT2D eigenvalue weighted by atomic mass is 31.2. The van der Waals surface area contributed by atoms with Crippen molar-refractivity contribution in [3.8, 4) is 0 Å². The van der Waals surface area contributed by atoms with Gasteiger partial charge in [-0.25, -0.2) is 4.57 Å². The van der Waals surface area contributed by atoms with Gasteiger partial charge in [0, 0.05) is 13.0 Å². The molecule has 0 aliphatic carbocycles. The first-order chi connectivity index (χ1) is 24.4. The third kappa shape index (κ3) is 38.1. The van der Waals surface area contributed by atoms with Crippen LogP contribution in [0.2, 0.25) is 0 Å². The summed E-state index contributed by atoms with van der Waals surface area (Å²) < 4.78 is 33.2. The van der Waals surface area contributed by atoms with E-state index in [1.165, 1.54) is 148 Å². The molecule has 0 aromatic heterocycles. The fraction of sp³-hybridized carbons (Fsp3) is 0.878. The minimum absolute atomic E-state index is 0.0634. The van der Waals surface area contributed by atoms with Gasteiger partial charge in [-0.15, -0.1) is 0 Å². The number of hydrogen-bond acceptors (Lipinski definition) is 7. The van der Waals surface area contributed by atoms with E-state index in [4.69, 9.17) is 24.3 Å². The molecule has 9 heteroatoms. The predicted octanol–water partition coefficient (Wildman–Crippen LogP) is 12.4. The lowest BCUT2D eigenvalue weighted by Crippen LogP contribution is -2.25. The van der Waals surface area contributed by atoms with E-state index in [1.807, 2.05) is 6.08 Å². The van der Waals surface area contributed by atoms with Gasteiger partial charge < -0.3 is 20.1 Å². The Kier molecular flexibility index (Phi) is 38.1. The van der Waals surface area contributed by atoms with Gasteiger partial charge in [-0.05, 0) is 51.0 Å². The number of rotatable bonds is 40.